The van der Waals surface area contributed by atoms with Crippen molar-refractivity contribution in [3.8, 4) is 22.9 Å². The number of fused-ring (bicyclic) bond motifs is 1. The fourth-order valence-electron chi connectivity index (χ4n) is 3.31. The number of anilines is 1. The summed E-state index contributed by atoms with van der Waals surface area (Å²) in [7, 11) is 0. The van der Waals surface area contributed by atoms with Crippen molar-refractivity contribution in [2.75, 3.05) is 24.3 Å². The van der Waals surface area contributed by atoms with Crippen LogP contribution in [0.1, 0.15) is 18.9 Å². The van der Waals surface area contributed by atoms with Gasteiger partial charge in [-0.25, -0.2) is 0 Å². The third-order valence-electron chi connectivity index (χ3n) is 4.85. The number of amides is 1. The molecule has 0 saturated carbocycles. The molecule has 9 heteroatoms. The van der Waals surface area contributed by atoms with E-state index in [4.69, 9.17) is 21.1 Å². The number of aryl methyl sites for hydroxylation is 1. The molecular weight excluding hydrogens is 436 g/mol. The van der Waals surface area contributed by atoms with Crippen LogP contribution in [0.4, 0.5) is 5.69 Å². The Morgan fingerprint density at radius 2 is 1.94 bits per heavy atom. The van der Waals surface area contributed by atoms with Crippen molar-refractivity contribution < 1.29 is 14.3 Å². The summed E-state index contributed by atoms with van der Waals surface area (Å²) in [5.41, 5.74) is 2.56. The first-order valence-corrected chi connectivity index (χ1v) is 11.4. The van der Waals surface area contributed by atoms with E-state index in [9.17, 15) is 4.79 Å². The van der Waals surface area contributed by atoms with Crippen LogP contribution in [0.5, 0.6) is 11.5 Å². The first kappa shape index (κ1) is 21.5. The molecule has 31 heavy (non-hydrogen) atoms. The normalized spacial score (nSPS) is 13.0. The summed E-state index contributed by atoms with van der Waals surface area (Å²) in [6.45, 7) is 5.98. The van der Waals surface area contributed by atoms with E-state index in [1.165, 1.54) is 11.8 Å². The van der Waals surface area contributed by atoms with Crippen molar-refractivity contribution in [3.63, 3.8) is 0 Å². The molecule has 162 valence electrons. The Kier molecular flexibility index (Phi) is 6.67. The van der Waals surface area contributed by atoms with E-state index in [2.05, 4.69) is 15.5 Å². The smallest absolute Gasteiger partial charge is 0.234 e. The van der Waals surface area contributed by atoms with Gasteiger partial charge in [0.05, 0.1) is 29.7 Å². The minimum absolute atomic E-state index is 0.155. The van der Waals surface area contributed by atoms with Crippen LogP contribution in [0, 0.1) is 6.92 Å². The molecule has 3 aromatic rings. The van der Waals surface area contributed by atoms with Crippen LogP contribution < -0.4 is 14.8 Å². The first-order chi connectivity index (χ1) is 15.1. The largest absolute Gasteiger partial charge is 0.490 e. The Morgan fingerprint density at radius 3 is 2.68 bits per heavy atom. The lowest BCUT2D eigenvalue weighted by Gasteiger charge is -2.13. The van der Waals surface area contributed by atoms with E-state index in [1.54, 1.807) is 12.1 Å². The molecule has 0 saturated heterocycles. The molecule has 1 aliphatic rings. The lowest BCUT2D eigenvalue weighted by Crippen LogP contribution is -2.15. The highest BCUT2D eigenvalue weighted by Crippen LogP contribution is 2.37. The lowest BCUT2D eigenvalue weighted by molar-refractivity contribution is -0.113. The number of thioether (sulfide) groups is 1. The quantitative estimate of drug-likeness (QED) is 0.533. The van der Waals surface area contributed by atoms with Gasteiger partial charge in [-0.3, -0.25) is 4.79 Å². The first-order valence-electron chi connectivity index (χ1n) is 10.1. The highest BCUT2D eigenvalue weighted by Gasteiger charge is 2.20. The summed E-state index contributed by atoms with van der Waals surface area (Å²) < 4.78 is 13.6. The van der Waals surface area contributed by atoms with Crippen LogP contribution >= 0.6 is 23.4 Å². The van der Waals surface area contributed by atoms with Crippen molar-refractivity contribution in [2.45, 2.75) is 32.0 Å². The van der Waals surface area contributed by atoms with Crippen molar-refractivity contribution >= 4 is 35.0 Å². The number of rotatable bonds is 6. The highest BCUT2D eigenvalue weighted by molar-refractivity contribution is 7.99. The van der Waals surface area contributed by atoms with E-state index in [0.29, 0.717) is 35.6 Å². The summed E-state index contributed by atoms with van der Waals surface area (Å²) in [5, 5.41) is 12.7. The molecule has 1 aliphatic heterocycles. The Hall–Kier alpha value is -2.71. The van der Waals surface area contributed by atoms with Crippen LogP contribution in [0.3, 0.4) is 0 Å². The SMILES string of the molecule is CCn1c(SCC(=O)Nc2ccccc2Cl)nnc1-c1cc2c(cc1C)OCCCO2. The topological polar surface area (TPSA) is 78.3 Å². The van der Waals surface area contributed by atoms with Crippen LogP contribution in [-0.4, -0.2) is 39.6 Å². The fourth-order valence-corrected chi connectivity index (χ4v) is 4.30. The van der Waals surface area contributed by atoms with Gasteiger partial charge in [0, 0.05) is 18.5 Å². The van der Waals surface area contributed by atoms with E-state index in [1.807, 2.05) is 42.7 Å². The number of hydrogen-bond donors (Lipinski definition) is 1. The van der Waals surface area contributed by atoms with Crippen LogP contribution in [0.15, 0.2) is 41.6 Å². The van der Waals surface area contributed by atoms with Crippen molar-refractivity contribution in [2.24, 2.45) is 0 Å². The number of halogens is 1. The van der Waals surface area contributed by atoms with Crippen LogP contribution in [0.25, 0.3) is 11.4 Å². The Morgan fingerprint density at radius 1 is 1.19 bits per heavy atom. The van der Waals surface area contributed by atoms with Crippen molar-refractivity contribution in [3.05, 3.63) is 47.0 Å². The third-order valence-corrected chi connectivity index (χ3v) is 6.15. The standard InChI is InChI=1S/C22H23ClN4O3S/c1-3-27-21(15-12-19-18(11-14(15)2)29-9-6-10-30-19)25-26-22(27)31-13-20(28)24-17-8-5-4-7-16(17)23/h4-5,7-8,11-12H,3,6,9-10,13H2,1-2H3,(H,24,28). The molecule has 7 nitrogen and oxygen atoms in total. The maximum Gasteiger partial charge on any atom is 0.234 e. The van der Waals surface area contributed by atoms with Gasteiger partial charge in [0.2, 0.25) is 5.91 Å². The Balaban J connectivity index is 1.52. The number of aromatic nitrogens is 3. The zero-order valence-corrected chi connectivity index (χ0v) is 18.9. The number of ether oxygens (including phenoxy) is 2. The van der Waals surface area contributed by atoms with Crippen LogP contribution in [0.2, 0.25) is 5.02 Å². The molecule has 1 amide bonds. The van der Waals surface area contributed by atoms with Gasteiger partial charge in [-0.1, -0.05) is 35.5 Å². The fraction of sp³-hybridized carbons (Fsp3) is 0.318. The van der Waals surface area contributed by atoms with Gasteiger partial charge < -0.3 is 19.4 Å². The maximum absolute atomic E-state index is 12.4. The van der Waals surface area contributed by atoms with Gasteiger partial charge in [0.25, 0.3) is 0 Å². The average molecular weight is 459 g/mol. The van der Waals surface area contributed by atoms with Gasteiger partial charge >= 0.3 is 0 Å². The van der Waals surface area contributed by atoms with Gasteiger partial charge in [0.15, 0.2) is 22.5 Å². The van der Waals surface area contributed by atoms with Crippen molar-refractivity contribution in [1.82, 2.24) is 14.8 Å². The zero-order chi connectivity index (χ0) is 21.8. The Labute approximate surface area is 190 Å². The summed E-state index contributed by atoms with van der Waals surface area (Å²) in [6.07, 6.45) is 0.852. The minimum Gasteiger partial charge on any atom is -0.490 e. The number of carbonyl (C=O) groups is 1. The second-order valence-corrected chi connectivity index (χ2v) is 8.38. The second kappa shape index (κ2) is 9.62. The predicted molar refractivity (Wildman–Crippen MR) is 122 cm³/mol. The summed E-state index contributed by atoms with van der Waals surface area (Å²) in [6, 6.07) is 11.1. The van der Waals surface area contributed by atoms with Crippen LogP contribution in [-0.2, 0) is 11.3 Å². The zero-order valence-electron chi connectivity index (χ0n) is 17.4. The van der Waals surface area contributed by atoms with Gasteiger partial charge in [-0.05, 0) is 43.7 Å². The molecule has 0 bridgehead atoms. The Bertz CT molecular complexity index is 1100. The molecule has 2 aromatic carbocycles. The van der Waals surface area contributed by atoms with E-state index >= 15 is 0 Å². The second-order valence-electron chi connectivity index (χ2n) is 7.03. The predicted octanol–water partition coefficient (Wildman–Crippen LogP) is 4.82. The minimum atomic E-state index is -0.155. The summed E-state index contributed by atoms with van der Waals surface area (Å²) in [5.74, 6) is 2.26. The number of carbonyl (C=O) groups excluding carboxylic acids is 1. The summed E-state index contributed by atoms with van der Waals surface area (Å²) in [4.78, 5) is 12.4. The summed E-state index contributed by atoms with van der Waals surface area (Å²) >= 11 is 7.45. The van der Waals surface area contributed by atoms with E-state index in [0.717, 1.165) is 34.9 Å². The number of nitrogens with zero attached hydrogens (tertiary/aromatic N) is 3. The molecule has 1 N–H and O–H groups in total. The highest BCUT2D eigenvalue weighted by atomic mass is 35.5. The molecule has 0 radical (unpaired) electrons. The molecular formula is C22H23ClN4O3S. The average Bonchev–Trinajstić information content (AvgIpc) is 3.03. The molecule has 1 aromatic heterocycles. The number of hydrogen-bond acceptors (Lipinski definition) is 6. The van der Waals surface area contributed by atoms with Gasteiger partial charge in [-0.2, -0.15) is 0 Å². The molecule has 0 atom stereocenters. The van der Waals surface area contributed by atoms with Gasteiger partial charge in [-0.15, -0.1) is 10.2 Å². The third kappa shape index (κ3) is 4.80. The molecule has 4 rings (SSSR count). The number of benzene rings is 2. The number of para-hydroxylation sites is 1. The maximum atomic E-state index is 12.4. The lowest BCUT2D eigenvalue weighted by atomic mass is 10.1. The number of nitrogens with one attached hydrogen (secondary N) is 1. The van der Waals surface area contributed by atoms with E-state index < -0.39 is 0 Å². The molecule has 0 unspecified atom stereocenters. The molecule has 0 spiro atoms. The molecule has 0 aliphatic carbocycles. The van der Waals surface area contributed by atoms with E-state index in [-0.39, 0.29) is 11.7 Å². The monoisotopic (exact) mass is 458 g/mol. The molecule has 2 heterocycles. The van der Waals surface area contributed by atoms with Gasteiger partial charge in [0.1, 0.15) is 0 Å². The van der Waals surface area contributed by atoms with Crippen molar-refractivity contribution in [1.29, 1.82) is 0 Å². The molecule has 0 fully saturated rings.